The number of halogens is 1. The smallest absolute Gasteiger partial charge is 0.284 e. The lowest BCUT2D eigenvalue weighted by Crippen LogP contribution is -2.22. The van der Waals surface area contributed by atoms with Crippen LogP contribution in [0.4, 0.5) is 10.2 Å². The van der Waals surface area contributed by atoms with Crippen LogP contribution in [-0.4, -0.2) is 23.6 Å². The zero-order chi connectivity index (χ0) is 19.6. The molecule has 0 radical (unpaired) electrons. The van der Waals surface area contributed by atoms with Crippen LogP contribution in [0, 0.1) is 0 Å². The Labute approximate surface area is 161 Å². The number of H-pyrrole nitrogens is 1. The van der Waals surface area contributed by atoms with Crippen molar-refractivity contribution >= 4 is 15.7 Å². The van der Waals surface area contributed by atoms with Crippen LogP contribution in [0.2, 0.25) is 0 Å². The van der Waals surface area contributed by atoms with Crippen LogP contribution in [0.3, 0.4) is 0 Å². The van der Waals surface area contributed by atoms with Crippen molar-refractivity contribution in [1.29, 1.82) is 0 Å². The first-order valence-electron chi connectivity index (χ1n) is 8.38. The molecule has 0 aliphatic heterocycles. The number of aromatic amines is 1. The van der Waals surface area contributed by atoms with Crippen LogP contribution in [0.15, 0.2) is 90.2 Å². The maximum absolute atomic E-state index is 14.9. The van der Waals surface area contributed by atoms with Crippen molar-refractivity contribution in [3.05, 3.63) is 85.3 Å². The Morgan fingerprint density at radius 3 is 2.39 bits per heavy atom. The molecule has 2 heterocycles. The van der Waals surface area contributed by atoms with E-state index < -0.39 is 10.0 Å². The number of anilines is 1. The Morgan fingerprint density at radius 2 is 1.64 bits per heavy atom. The molecule has 0 saturated carbocycles. The third kappa shape index (κ3) is 3.25. The molecule has 0 amide bonds. The van der Waals surface area contributed by atoms with Gasteiger partial charge in [0.25, 0.3) is 10.0 Å². The second-order valence-electron chi connectivity index (χ2n) is 5.97. The number of sulfonamides is 1. The van der Waals surface area contributed by atoms with Crippen molar-refractivity contribution in [2.45, 2.75) is 4.90 Å². The fourth-order valence-corrected chi connectivity index (χ4v) is 3.93. The lowest BCUT2D eigenvalue weighted by Gasteiger charge is -2.15. The molecule has 8 heteroatoms. The maximum Gasteiger partial charge on any atom is 0.290 e. The van der Waals surface area contributed by atoms with Crippen LogP contribution in [0.25, 0.3) is 22.4 Å². The van der Waals surface area contributed by atoms with Crippen molar-refractivity contribution in [3.63, 3.8) is 0 Å². The molecule has 140 valence electrons. The van der Waals surface area contributed by atoms with Crippen LogP contribution < -0.4 is 4.53 Å². The minimum atomic E-state index is -4.31. The lowest BCUT2D eigenvalue weighted by molar-refractivity contribution is 0.495. The molecule has 0 spiro atoms. The van der Waals surface area contributed by atoms with E-state index in [0.29, 0.717) is 11.3 Å². The van der Waals surface area contributed by atoms with Gasteiger partial charge >= 0.3 is 0 Å². The molecule has 4 rings (SSSR count). The summed E-state index contributed by atoms with van der Waals surface area (Å²) < 4.78 is 39.7. The summed E-state index contributed by atoms with van der Waals surface area (Å²) in [5.41, 5.74) is 2.74. The normalized spacial score (nSPS) is 11.3. The molecule has 28 heavy (non-hydrogen) atoms. The zero-order valence-electron chi connectivity index (χ0n) is 14.5. The summed E-state index contributed by atoms with van der Waals surface area (Å²) in [6, 6.07) is 17.3. The summed E-state index contributed by atoms with van der Waals surface area (Å²) in [6.45, 7) is 0. The highest BCUT2D eigenvalue weighted by Gasteiger charge is 2.25. The number of benzene rings is 2. The maximum atomic E-state index is 14.9. The molecule has 0 aliphatic rings. The number of hydrogen-bond acceptors (Lipinski definition) is 4. The van der Waals surface area contributed by atoms with Crippen LogP contribution in [0.5, 0.6) is 0 Å². The fourth-order valence-electron chi connectivity index (χ4n) is 2.85. The van der Waals surface area contributed by atoms with Gasteiger partial charge in [-0.05, 0) is 42.0 Å². The number of pyridine rings is 1. The van der Waals surface area contributed by atoms with E-state index in [1.54, 1.807) is 48.9 Å². The van der Waals surface area contributed by atoms with Gasteiger partial charge in [-0.15, -0.1) is 0 Å². The molecule has 0 fully saturated rings. The Balaban J connectivity index is 1.73. The molecule has 6 nitrogen and oxygen atoms in total. The van der Waals surface area contributed by atoms with Crippen molar-refractivity contribution in [3.8, 4) is 22.4 Å². The standard InChI is InChI=1S/C20H15FN4O2S/c21-25(28(26,27)18-7-2-1-3-8-18)17-6-4-5-16(13-17)20-19(14-23-24-20)15-9-11-22-12-10-15/h1-14H,(H,23,24). The zero-order valence-corrected chi connectivity index (χ0v) is 15.3. The van der Waals surface area contributed by atoms with Crippen molar-refractivity contribution in [2.24, 2.45) is 0 Å². The molecular weight excluding hydrogens is 379 g/mol. The highest BCUT2D eigenvalue weighted by Crippen LogP contribution is 2.33. The summed E-state index contributed by atoms with van der Waals surface area (Å²) in [7, 11) is -4.31. The number of aromatic nitrogens is 3. The molecule has 2 aromatic carbocycles. The minimum absolute atomic E-state index is 0.106. The van der Waals surface area contributed by atoms with Gasteiger partial charge < -0.3 is 0 Å². The van der Waals surface area contributed by atoms with Crippen LogP contribution in [0.1, 0.15) is 0 Å². The van der Waals surface area contributed by atoms with E-state index in [1.807, 2.05) is 12.1 Å². The van der Waals surface area contributed by atoms with Gasteiger partial charge in [-0.2, -0.15) is 13.5 Å². The Morgan fingerprint density at radius 1 is 0.893 bits per heavy atom. The molecule has 4 aromatic rings. The quantitative estimate of drug-likeness (QED) is 0.514. The third-order valence-corrected chi connectivity index (χ3v) is 5.71. The summed E-state index contributed by atoms with van der Waals surface area (Å²) in [5.74, 6) is 0. The monoisotopic (exact) mass is 394 g/mol. The van der Waals surface area contributed by atoms with E-state index in [9.17, 15) is 12.9 Å². The first-order chi connectivity index (χ1) is 13.6. The average Bonchev–Trinajstić information content (AvgIpc) is 3.24. The van der Waals surface area contributed by atoms with Crippen molar-refractivity contribution in [1.82, 2.24) is 15.2 Å². The third-order valence-electron chi connectivity index (χ3n) is 4.21. The van der Waals surface area contributed by atoms with E-state index in [2.05, 4.69) is 15.2 Å². The van der Waals surface area contributed by atoms with Gasteiger partial charge in [0.2, 0.25) is 0 Å². The molecule has 0 aliphatic carbocycles. The number of nitrogens with one attached hydrogen (secondary N) is 1. The number of rotatable bonds is 5. The van der Waals surface area contributed by atoms with Gasteiger partial charge in [-0.25, -0.2) is 0 Å². The molecule has 0 atom stereocenters. The molecule has 0 unspecified atom stereocenters. The first-order valence-corrected chi connectivity index (χ1v) is 9.82. The number of hydrogen-bond donors (Lipinski definition) is 1. The predicted molar refractivity (Wildman–Crippen MR) is 104 cm³/mol. The van der Waals surface area contributed by atoms with Crippen molar-refractivity contribution in [2.75, 3.05) is 4.53 Å². The topological polar surface area (TPSA) is 79.0 Å². The Bertz CT molecular complexity index is 1200. The van der Waals surface area contributed by atoms with Gasteiger partial charge in [0.15, 0.2) is 0 Å². The SMILES string of the molecule is O=S(=O)(c1ccccc1)N(F)c1cccc(-c2n[nH]cc2-c2ccncc2)c1. The predicted octanol–water partition coefficient (Wildman–Crippen LogP) is 4.22. The Kier molecular flexibility index (Phi) is 4.62. The molecule has 0 bridgehead atoms. The van der Waals surface area contributed by atoms with E-state index in [0.717, 1.165) is 11.1 Å². The van der Waals surface area contributed by atoms with Gasteiger partial charge in [0, 0.05) is 29.7 Å². The van der Waals surface area contributed by atoms with Gasteiger partial charge in [-0.3, -0.25) is 10.1 Å². The van der Waals surface area contributed by atoms with Crippen LogP contribution >= 0.6 is 0 Å². The van der Waals surface area contributed by atoms with E-state index in [4.69, 9.17) is 0 Å². The van der Waals surface area contributed by atoms with Gasteiger partial charge in [-0.1, -0.05) is 39.3 Å². The van der Waals surface area contributed by atoms with Crippen LogP contribution in [-0.2, 0) is 10.0 Å². The van der Waals surface area contributed by atoms with E-state index >= 15 is 0 Å². The second-order valence-corrected chi connectivity index (χ2v) is 7.71. The molecule has 2 aromatic heterocycles. The summed E-state index contributed by atoms with van der Waals surface area (Å²) in [5, 5.41) is 7.05. The molecule has 1 N–H and O–H groups in total. The van der Waals surface area contributed by atoms with Gasteiger partial charge in [0.05, 0.1) is 16.3 Å². The average molecular weight is 394 g/mol. The van der Waals surface area contributed by atoms with Crippen molar-refractivity contribution < 1.29 is 12.9 Å². The number of nitrogens with zero attached hydrogens (tertiary/aromatic N) is 3. The van der Waals surface area contributed by atoms with E-state index in [-0.39, 0.29) is 15.1 Å². The summed E-state index contributed by atoms with van der Waals surface area (Å²) in [6.07, 6.45) is 5.06. The summed E-state index contributed by atoms with van der Waals surface area (Å²) in [4.78, 5) is 3.87. The van der Waals surface area contributed by atoms with Gasteiger partial charge in [0.1, 0.15) is 0 Å². The Hall–Kier alpha value is -3.52. The lowest BCUT2D eigenvalue weighted by atomic mass is 10.0. The van der Waals surface area contributed by atoms with E-state index in [1.165, 1.54) is 24.3 Å². The minimum Gasteiger partial charge on any atom is -0.284 e. The molecular formula is C20H15FN4O2S. The summed E-state index contributed by atoms with van der Waals surface area (Å²) >= 11 is 0. The highest BCUT2D eigenvalue weighted by molar-refractivity contribution is 7.92. The largest absolute Gasteiger partial charge is 0.290 e. The second kappa shape index (κ2) is 7.24. The molecule has 0 saturated heterocycles. The highest BCUT2D eigenvalue weighted by atomic mass is 32.2. The first kappa shape index (κ1) is 17.9. The fraction of sp³-hybridized carbons (Fsp3) is 0.